The molecule has 4 aromatic rings. The molecule has 0 fully saturated rings. The zero-order valence-corrected chi connectivity index (χ0v) is 12.5. The van der Waals surface area contributed by atoms with Crippen molar-refractivity contribution in [3.05, 3.63) is 46.9 Å². The molecule has 3 aromatic heterocycles. The minimum atomic E-state index is -0.240. The Bertz CT molecular complexity index is 864. The molecule has 0 radical (unpaired) electrons. The van der Waals surface area contributed by atoms with Gasteiger partial charge < -0.3 is 0 Å². The van der Waals surface area contributed by atoms with E-state index in [2.05, 4.69) is 8.75 Å². The average Bonchev–Trinajstić information content (AvgIpc) is 3.20. The quantitative estimate of drug-likeness (QED) is 0.502. The Morgan fingerprint density at radius 2 is 1.60 bits per heavy atom. The van der Waals surface area contributed by atoms with Crippen LogP contribution in [-0.4, -0.2) is 8.75 Å². The van der Waals surface area contributed by atoms with Crippen LogP contribution < -0.4 is 0 Å². The van der Waals surface area contributed by atoms with Gasteiger partial charge in [-0.1, -0.05) is 12.1 Å². The standard InChI is InChI=1S/C14H7FN2S3/c15-9-7-8(10-3-1-5-18-10)13-14(17-20-16-13)12(9)11-4-2-6-19-11/h1-7H. The zero-order chi connectivity index (χ0) is 13.5. The molecule has 4 rings (SSSR count). The van der Waals surface area contributed by atoms with Gasteiger partial charge in [0.15, 0.2) is 0 Å². The maximum absolute atomic E-state index is 14.6. The van der Waals surface area contributed by atoms with Crippen molar-refractivity contribution < 1.29 is 4.39 Å². The van der Waals surface area contributed by atoms with Gasteiger partial charge in [0.05, 0.1) is 17.3 Å². The third-order valence-electron chi connectivity index (χ3n) is 3.04. The predicted molar refractivity (Wildman–Crippen MR) is 84.0 cm³/mol. The smallest absolute Gasteiger partial charge is 0.134 e. The number of hydrogen-bond donors (Lipinski definition) is 0. The highest BCUT2D eigenvalue weighted by atomic mass is 32.1. The first kappa shape index (κ1) is 12.1. The van der Waals surface area contributed by atoms with Crippen molar-refractivity contribution in [2.24, 2.45) is 0 Å². The molecule has 0 N–H and O–H groups in total. The van der Waals surface area contributed by atoms with Crippen LogP contribution >= 0.6 is 34.4 Å². The molecular weight excluding hydrogens is 311 g/mol. The predicted octanol–water partition coefficient (Wildman–Crippen LogP) is 5.29. The SMILES string of the molecule is Fc1cc(-c2cccs2)c2nsnc2c1-c1cccs1. The summed E-state index contributed by atoms with van der Waals surface area (Å²) >= 11 is 4.22. The summed E-state index contributed by atoms with van der Waals surface area (Å²) in [5.74, 6) is -0.240. The molecule has 0 saturated carbocycles. The second-order valence-corrected chi connectivity index (χ2v) is 6.62. The molecular formula is C14H7FN2S3. The van der Waals surface area contributed by atoms with Crippen LogP contribution in [0.1, 0.15) is 0 Å². The summed E-state index contributed by atoms with van der Waals surface area (Å²) < 4.78 is 23.2. The zero-order valence-electron chi connectivity index (χ0n) is 10.0. The van der Waals surface area contributed by atoms with Crippen LogP contribution in [0.2, 0.25) is 0 Å². The summed E-state index contributed by atoms with van der Waals surface area (Å²) in [6.45, 7) is 0. The van der Waals surface area contributed by atoms with Crippen molar-refractivity contribution in [2.45, 2.75) is 0 Å². The van der Waals surface area contributed by atoms with Crippen LogP contribution in [-0.2, 0) is 0 Å². The van der Waals surface area contributed by atoms with E-state index in [-0.39, 0.29) is 5.82 Å². The summed E-state index contributed by atoms with van der Waals surface area (Å²) in [6, 6.07) is 9.33. The van der Waals surface area contributed by atoms with E-state index in [4.69, 9.17) is 0 Å². The molecule has 0 aliphatic heterocycles. The van der Waals surface area contributed by atoms with Gasteiger partial charge in [0.25, 0.3) is 0 Å². The Labute approximate surface area is 126 Å². The third-order valence-corrected chi connectivity index (χ3v) is 5.36. The van der Waals surface area contributed by atoms with Gasteiger partial charge in [-0.2, -0.15) is 8.75 Å². The van der Waals surface area contributed by atoms with Crippen molar-refractivity contribution in [3.8, 4) is 20.9 Å². The van der Waals surface area contributed by atoms with Gasteiger partial charge in [-0.15, -0.1) is 22.7 Å². The lowest BCUT2D eigenvalue weighted by atomic mass is 10.1. The largest absolute Gasteiger partial charge is 0.206 e. The maximum atomic E-state index is 14.6. The topological polar surface area (TPSA) is 25.8 Å². The molecule has 98 valence electrons. The summed E-state index contributed by atoms with van der Waals surface area (Å²) in [7, 11) is 0. The molecule has 0 aliphatic rings. The molecule has 0 bridgehead atoms. The fourth-order valence-corrected chi connectivity index (χ4v) is 4.27. The highest BCUT2D eigenvalue weighted by Gasteiger charge is 2.19. The maximum Gasteiger partial charge on any atom is 0.134 e. The minimum Gasteiger partial charge on any atom is -0.206 e. The van der Waals surface area contributed by atoms with Crippen LogP contribution in [0.25, 0.3) is 31.9 Å². The summed E-state index contributed by atoms with van der Waals surface area (Å²) in [5, 5.41) is 3.92. The Hall–Kier alpha value is -1.63. The molecule has 3 heterocycles. The molecule has 20 heavy (non-hydrogen) atoms. The van der Waals surface area contributed by atoms with Crippen LogP contribution in [0.3, 0.4) is 0 Å². The van der Waals surface area contributed by atoms with Gasteiger partial charge >= 0.3 is 0 Å². The number of benzene rings is 1. The lowest BCUT2D eigenvalue weighted by molar-refractivity contribution is 0.633. The Kier molecular flexibility index (Phi) is 2.87. The number of halogens is 1. The Balaban J connectivity index is 2.08. The van der Waals surface area contributed by atoms with Crippen LogP contribution in [0.15, 0.2) is 41.1 Å². The van der Waals surface area contributed by atoms with Gasteiger partial charge in [0.1, 0.15) is 16.9 Å². The molecule has 0 aliphatic carbocycles. The fourth-order valence-electron chi connectivity index (χ4n) is 2.18. The van der Waals surface area contributed by atoms with Crippen molar-refractivity contribution in [2.75, 3.05) is 0 Å². The van der Waals surface area contributed by atoms with Crippen molar-refractivity contribution in [1.29, 1.82) is 0 Å². The third kappa shape index (κ3) is 1.80. The Morgan fingerprint density at radius 1 is 0.900 bits per heavy atom. The number of hydrogen-bond acceptors (Lipinski definition) is 5. The first-order valence-electron chi connectivity index (χ1n) is 5.87. The highest BCUT2D eigenvalue weighted by Crippen LogP contribution is 2.39. The molecule has 0 unspecified atom stereocenters. The van der Waals surface area contributed by atoms with Gasteiger partial charge in [0, 0.05) is 15.3 Å². The average molecular weight is 318 g/mol. The van der Waals surface area contributed by atoms with E-state index < -0.39 is 0 Å². The number of thiophene rings is 2. The highest BCUT2D eigenvalue weighted by molar-refractivity contribution is 7.14. The lowest BCUT2D eigenvalue weighted by Crippen LogP contribution is -1.88. The minimum absolute atomic E-state index is 0.240. The molecule has 0 amide bonds. The van der Waals surface area contributed by atoms with Crippen LogP contribution in [0, 0.1) is 5.82 Å². The molecule has 0 spiro atoms. The Morgan fingerprint density at radius 3 is 2.30 bits per heavy atom. The first-order chi connectivity index (χ1) is 9.84. The van der Waals surface area contributed by atoms with Crippen LogP contribution in [0.5, 0.6) is 0 Å². The van der Waals surface area contributed by atoms with E-state index >= 15 is 0 Å². The second kappa shape index (κ2) is 4.73. The second-order valence-electron chi connectivity index (χ2n) is 4.20. The van der Waals surface area contributed by atoms with Crippen LogP contribution in [0.4, 0.5) is 4.39 Å². The van der Waals surface area contributed by atoms with E-state index in [0.29, 0.717) is 11.1 Å². The number of nitrogens with zero attached hydrogens (tertiary/aromatic N) is 2. The monoisotopic (exact) mass is 318 g/mol. The van der Waals surface area contributed by atoms with Gasteiger partial charge in [-0.05, 0) is 29.0 Å². The molecule has 0 saturated heterocycles. The molecule has 2 nitrogen and oxygen atoms in total. The van der Waals surface area contributed by atoms with E-state index in [1.807, 2.05) is 35.0 Å². The van der Waals surface area contributed by atoms with E-state index in [1.54, 1.807) is 17.4 Å². The van der Waals surface area contributed by atoms with Crippen molar-refractivity contribution in [1.82, 2.24) is 8.75 Å². The first-order valence-corrected chi connectivity index (χ1v) is 8.36. The number of aromatic nitrogens is 2. The van der Waals surface area contributed by atoms with Crippen molar-refractivity contribution in [3.63, 3.8) is 0 Å². The molecule has 0 atom stereocenters. The summed E-state index contributed by atoms with van der Waals surface area (Å²) in [6.07, 6.45) is 0. The van der Waals surface area contributed by atoms with E-state index in [1.165, 1.54) is 11.3 Å². The van der Waals surface area contributed by atoms with Gasteiger partial charge in [-0.25, -0.2) is 4.39 Å². The summed E-state index contributed by atoms with van der Waals surface area (Å²) in [5.41, 5.74) is 2.81. The molecule has 1 aromatic carbocycles. The normalized spacial score (nSPS) is 11.2. The lowest BCUT2D eigenvalue weighted by Gasteiger charge is -2.05. The number of fused-ring (bicyclic) bond motifs is 1. The molecule has 6 heteroatoms. The van der Waals surface area contributed by atoms with Crippen molar-refractivity contribution >= 4 is 45.4 Å². The van der Waals surface area contributed by atoms with E-state index in [0.717, 1.165) is 32.6 Å². The van der Waals surface area contributed by atoms with E-state index in [9.17, 15) is 4.39 Å². The van der Waals surface area contributed by atoms with Gasteiger partial charge in [0.2, 0.25) is 0 Å². The van der Waals surface area contributed by atoms with Gasteiger partial charge in [-0.3, -0.25) is 0 Å². The fraction of sp³-hybridized carbons (Fsp3) is 0. The number of rotatable bonds is 2. The summed E-state index contributed by atoms with van der Waals surface area (Å²) in [4.78, 5) is 1.90.